The Hall–Kier alpha value is -3.75. The van der Waals surface area contributed by atoms with Crippen LogP contribution < -0.4 is 10.0 Å². The van der Waals surface area contributed by atoms with E-state index in [0.29, 0.717) is 17.7 Å². The van der Waals surface area contributed by atoms with Gasteiger partial charge in [-0.3, -0.25) is 14.5 Å². The second-order valence-electron chi connectivity index (χ2n) is 7.70. The summed E-state index contributed by atoms with van der Waals surface area (Å²) in [5.41, 5.74) is 1.98. The molecule has 1 aliphatic rings. The zero-order valence-corrected chi connectivity index (χ0v) is 18.4. The Morgan fingerprint density at radius 3 is 2.06 bits per heavy atom. The molecule has 1 amide bonds. The van der Waals surface area contributed by atoms with Gasteiger partial charge in [-0.05, 0) is 41.8 Å². The van der Waals surface area contributed by atoms with Crippen molar-refractivity contribution < 1.29 is 23.1 Å². The van der Waals surface area contributed by atoms with Crippen LogP contribution in [0, 0.1) is 0 Å². The first kappa shape index (κ1) is 22.4. The summed E-state index contributed by atoms with van der Waals surface area (Å²) in [6.07, 6.45) is 0.591. The van der Waals surface area contributed by atoms with Crippen molar-refractivity contribution in [1.82, 2.24) is 0 Å². The Labute approximate surface area is 191 Å². The molecular formula is C25H22N2O5S. The van der Waals surface area contributed by atoms with Crippen LogP contribution in [0.25, 0.3) is 0 Å². The fourth-order valence-electron chi connectivity index (χ4n) is 3.94. The zero-order valence-electron chi connectivity index (χ0n) is 17.6. The Bertz CT molecular complexity index is 1320. The van der Waals surface area contributed by atoms with Crippen LogP contribution in [0.5, 0.6) is 0 Å². The van der Waals surface area contributed by atoms with Crippen molar-refractivity contribution in [1.29, 1.82) is 0 Å². The van der Waals surface area contributed by atoms with Crippen LogP contribution in [-0.2, 0) is 26.0 Å². The summed E-state index contributed by atoms with van der Waals surface area (Å²) in [5, 5.41) is 15.9. The van der Waals surface area contributed by atoms with Gasteiger partial charge in [0.25, 0.3) is 5.91 Å². The largest absolute Gasteiger partial charge is 0.503 e. The van der Waals surface area contributed by atoms with Gasteiger partial charge in [0.05, 0.1) is 16.5 Å². The SMILES string of the molecule is NS(=O)(=O)c1ccc(N2C(=O)C(O)=C(C(=O)CCc3ccccc3)C2c2ccccc2)cc1. The predicted molar refractivity (Wildman–Crippen MR) is 124 cm³/mol. The summed E-state index contributed by atoms with van der Waals surface area (Å²) in [4.78, 5) is 27.5. The Balaban J connectivity index is 1.71. The normalized spacial score (nSPS) is 16.3. The number of aryl methyl sites for hydroxylation is 1. The second kappa shape index (κ2) is 9.01. The highest BCUT2D eigenvalue weighted by molar-refractivity contribution is 7.89. The number of primary sulfonamides is 1. The van der Waals surface area contributed by atoms with Gasteiger partial charge in [-0.15, -0.1) is 0 Å². The van der Waals surface area contributed by atoms with Gasteiger partial charge in [0.2, 0.25) is 10.0 Å². The number of nitrogens with two attached hydrogens (primary N) is 1. The van der Waals surface area contributed by atoms with Gasteiger partial charge in [0, 0.05) is 12.1 Å². The summed E-state index contributed by atoms with van der Waals surface area (Å²) in [6, 6.07) is 23.0. The van der Waals surface area contributed by atoms with Gasteiger partial charge in [0.1, 0.15) is 0 Å². The number of ketones is 1. The van der Waals surface area contributed by atoms with E-state index in [-0.39, 0.29) is 22.7 Å². The van der Waals surface area contributed by atoms with Crippen molar-refractivity contribution in [2.75, 3.05) is 4.90 Å². The minimum atomic E-state index is -3.91. The molecule has 0 radical (unpaired) electrons. The number of aliphatic hydroxyl groups is 1. The Kier molecular flexibility index (Phi) is 6.13. The van der Waals surface area contributed by atoms with Gasteiger partial charge >= 0.3 is 0 Å². The predicted octanol–water partition coefficient (Wildman–Crippen LogP) is 3.44. The van der Waals surface area contributed by atoms with E-state index < -0.39 is 27.7 Å². The summed E-state index contributed by atoms with van der Waals surface area (Å²) < 4.78 is 23.2. The van der Waals surface area contributed by atoms with E-state index in [0.717, 1.165) is 5.56 Å². The molecule has 0 saturated carbocycles. The molecule has 1 heterocycles. The fraction of sp³-hybridized carbons (Fsp3) is 0.120. The minimum absolute atomic E-state index is 0.0256. The standard InChI is InChI=1S/C25H22N2O5S/c26-33(31,32)20-14-12-19(13-15-20)27-23(18-9-5-2-6-10-18)22(24(29)25(27)30)21(28)16-11-17-7-3-1-4-8-17/h1-10,12-15,23,29H,11,16H2,(H2,26,31,32). The van der Waals surface area contributed by atoms with Gasteiger partial charge in [0.15, 0.2) is 11.5 Å². The number of hydrogen-bond acceptors (Lipinski definition) is 5. The Morgan fingerprint density at radius 2 is 1.48 bits per heavy atom. The highest BCUT2D eigenvalue weighted by Crippen LogP contribution is 2.41. The molecule has 1 atom stereocenters. The summed E-state index contributed by atoms with van der Waals surface area (Å²) in [5.74, 6) is -1.66. The maximum absolute atomic E-state index is 13.2. The van der Waals surface area contributed by atoms with Crippen molar-refractivity contribution >= 4 is 27.4 Å². The lowest BCUT2D eigenvalue weighted by Gasteiger charge is -2.27. The second-order valence-corrected chi connectivity index (χ2v) is 9.26. The van der Waals surface area contributed by atoms with Gasteiger partial charge < -0.3 is 5.11 Å². The summed E-state index contributed by atoms with van der Waals surface area (Å²) >= 11 is 0. The maximum Gasteiger partial charge on any atom is 0.294 e. The number of hydrogen-bond donors (Lipinski definition) is 2. The molecule has 0 saturated heterocycles. The van der Waals surface area contributed by atoms with E-state index in [4.69, 9.17) is 5.14 Å². The van der Waals surface area contributed by atoms with Crippen molar-refractivity contribution in [3.05, 3.63) is 107 Å². The third-order valence-electron chi connectivity index (χ3n) is 5.55. The number of carbonyl (C=O) groups excluding carboxylic acids is 2. The molecule has 3 aromatic carbocycles. The average Bonchev–Trinajstić information content (AvgIpc) is 3.09. The van der Waals surface area contributed by atoms with Crippen molar-refractivity contribution in [3.63, 3.8) is 0 Å². The third-order valence-corrected chi connectivity index (χ3v) is 6.48. The maximum atomic E-state index is 13.2. The molecular weight excluding hydrogens is 440 g/mol. The lowest BCUT2D eigenvalue weighted by Crippen LogP contribution is -2.31. The number of benzene rings is 3. The zero-order chi connectivity index (χ0) is 23.6. The molecule has 1 aliphatic heterocycles. The third kappa shape index (κ3) is 4.57. The first-order valence-electron chi connectivity index (χ1n) is 10.3. The lowest BCUT2D eigenvalue weighted by molar-refractivity contribution is -0.118. The van der Waals surface area contributed by atoms with E-state index in [1.165, 1.54) is 29.2 Å². The van der Waals surface area contributed by atoms with E-state index in [1.807, 2.05) is 36.4 Å². The summed E-state index contributed by atoms with van der Waals surface area (Å²) in [7, 11) is -3.91. The van der Waals surface area contributed by atoms with Crippen LogP contribution in [0.1, 0.15) is 23.6 Å². The molecule has 0 aromatic heterocycles. The van der Waals surface area contributed by atoms with Crippen LogP contribution in [0.3, 0.4) is 0 Å². The molecule has 0 spiro atoms. The first-order valence-corrected chi connectivity index (χ1v) is 11.8. The number of sulfonamides is 1. The lowest BCUT2D eigenvalue weighted by atomic mass is 9.93. The molecule has 1 unspecified atom stereocenters. The quantitative estimate of drug-likeness (QED) is 0.558. The van der Waals surface area contributed by atoms with E-state index in [9.17, 15) is 23.1 Å². The molecule has 0 bridgehead atoms. The topological polar surface area (TPSA) is 118 Å². The van der Waals surface area contributed by atoms with Crippen molar-refractivity contribution in [2.24, 2.45) is 5.14 Å². The first-order chi connectivity index (χ1) is 15.8. The number of rotatable bonds is 7. The van der Waals surface area contributed by atoms with Crippen LogP contribution in [-0.4, -0.2) is 25.2 Å². The smallest absolute Gasteiger partial charge is 0.294 e. The van der Waals surface area contributed by atoms with Crippen molar-refractivity contribution in [3.8, 4) is 0 Å². The highest BCUT2D eigenvalue weighted by Gasteiger charge is 2.44. The number of anilines is 1. The average molecular weight is 463 g/mol. The molecule has 33 heavy (non-hydrogen) atoms. The highest BCUT2D eigenvalue weighted by atomic mass is 32.2. The number of nitrogens with zero attached hydrogens (tertiary/aromatic N) is 1. The molecule has 3 N–H and O–H groups in total. The van der Waals surface area contributed by atoms with Crippen LogP contribution in [0.2, 0.25) is 0 Å². The van der Waals surface area contributed by atoms with Crippen LogP contribution in [0.15, 0.2) is 101 Å². The molecule has 3 aromatic rings. The molecule has 8 heteroatoms. The number of Topliss-reactive ketones (excluding diaryl/α,β-unsaturated/α-hetero) is 1. The fourth-order valence-corrected chi connectivity index (χ4v) is 4.46. The van der Waals surface area contributed by atoms with E-state index in [2.05, 4.69) is 0 Å². The molecule has 0 fully saturated rings. The molecule has 0 aliphatic carbocycles. The van der Waals surface area contributed by atoms with Crippen LogP contribution in [0.4, 0.5) is 5.69 Å². The van der Waals surface area contributed by atoms with Gasteiger partial charge in [-0.1, -0.05) is 60.7 Å². The minimum Gasteiger partial charge on any atom is -0.503 e. The van der Waals surface area contributed by atoms with E-state index >= 15 is 0 Å². The van der Waals surface area contributed by atoms with Crippen molar-refractivity contribution in [2.45, 2.75) is 23.8 Å². The summed E-state index contributed by atoms with van der Waals surface area (Å²) in [6.45, 7) is 0. The molecule has 7 nitrogen and oxygen atoms in total. The van der Waals surface area contributed by atoms with Gasteiger partial charge in [-0.2, -0.15) is 0 Å². The number of aliphatic hydroxyl groups excluding tert-OH is 1. The van der Waals surface area contributed by atoms with Gasteiger partial charge in [-0.25, -0.2) is 13.6 Å². The monoisotopic (exact) mass is 462 g/mol. The number of carbonyl (C=O) groups is 2. The van der Waals surface area contributed by atoms with E-state index in [1.54, 1.807) is 24.3 Å². The Morgan fingerprint density at radius 1 is 0.909 bits per heavy atom. The molecule has 4 rings (SSSR count). The number of amides is 1. The van der Waals surface area contributed by atoms with Crippen LogP contribution >= 0.6 is 0 Å². The molecule has 168 valence electrons.